The molecule has 1 aromatic rings. The van der Waals surface area contributed by atoms with E-state index in [-0.39, 0.29) is 29.5 Å². The maximum atomic E-state index is 12.9. The van der Waals surface area contributed by atoms with Crippen molar-refractivity contribution in [2.75, 3.05) is 25.5 Å². The van der Waals surface area contributed by atoms with Gasteiger partial charge in [-0.2, -0.15) is 0 Å². The molecule has 0 aromatic heterocycles. The third-order valence-electron chi connectivity index (χ3n) is 7.33. The van der Waals surface area contributed by atoms with Crippen LogP contribution in [0.25, 0.3) is 0 Å². The first kappa shape index (κ1) is 18.4. The zero-order valence-electron chi connectivity index (χ0n) is 17.0. The van der Waals surface area contributed by atoms with E-state index < -0.39 is 5.41 Å². The minimum Gasteiger partial charge on any atom is -0.466 e. The lowest BCUT2D eigenvalue weighted by atomic mass is 9.54. The van der Waals surface area contributed by atoms with E-state index in [1.54, 1.807) is 0 Å². The number of ether oxygens (including phenoxy) is 2. The molecule has 5 rings (SSSR count). The van der Waals surface area contributed by atoms with Gasteiger partial charge < -0.3 is 14.8 Å². The van der Waals surface area contributed by atoms with Gasteiger partial charge in [-0.25, -0.2) is 4.79 Å². The number of hydrogen-bond donors (Lipinski definition) is 1. The number of nitrogens with zero attached hydrogens (tertiary/aromatic N) is 1. The molecular formula is C23H26N2O4. The quantitative estimate of drug-likeness (QED) is 0.628. The summed E-state index contributed by atoms with van der Waals surface area (Å²) in [6, 6.07) is 8.42. The standard InChI is InChI=1S/C23H26N2O4/c1-14(29-15(2)26)22-9-6-11-25-12-10-23(21(22)25)17-7-4-5-8-18(17)24-19(23)16(13-22)20(27)28-3/h4-9,14,21,24H,10-13H2,1-3H3/t14-,21-,22-,23-/m0/s1. The van der Waals surface area contributed by atoms with Gasteiger partial charge in [0.25, 0.3) is 0 Å². The van der Waals surface area contributed by atoms with E-state index in [4.69, 9.17) is 9.47 Å². The number of esters is 2. The lowest BCUT2D eigenvalue weighted by molar-refractivity contribution is -0.154. The molecule has 1 aliphatic carbocycles. The zero-order valence-corrected chi connectivity index (χ0v) is 17.0. The van der Waals surface area contributed by atoms with Crippen molar-refractivity contribution in [2.24, 2.45) is 5.41 Å². The molecular weight excluding hydrogens is 368 g/mol. The number of carbonyl (C=O) groups excluding carboxylic acids is 2. The van der Waals surface area contributed by atoms with Crippen LogP contribution < -0.4 is 5.32 Å². The van der Waals surface area contributed by atoms with Crippen LogP contribution in [0.5, 0.6) is 0 Å². The van der Waals surface area contributed by atoms with Crippen molar-refractivity contribution in [3.8, 4) is 0 Å². The average molecular weight is 394 g/mol. The number of hydrogen-bond acceptors (Lipinski definition) is 6. The Balaban J connectivity index is 1.79. The number of carbonyl (C=O) groups is 2. The Labute approximate surface area is 170 Å². The Morgan fingerprint density at radius 1 is 1.31 bits per heavy atom. The summed E-state index contributed by atoms with van der Waals surface area (Å²) in [6.45, 7) is 5.19. The van der Waals surface area contributed by atoms with Gasteiger partial charge in [0, 0.05) is 42.9 Å². The molecule has 0 amide bonds. The van der Waals surface area contributed by atoms with Gasteiger partial charge in [0.1, 0.15) is 6.10 Å². The maximum Gasteiger partial charge on any atom is 0.335 e. The van der Waals surface area contributed by atoms with Crippen LogP contribution in [-0.4, -0.2) is 49.2 Å². The second-order valence-corrected chi connectivity index (χ2v) is 8.58. The summed E-state index contributed by atoms with van der Waals surface area (Å²) in [5, 5.41) is 3.57. The molecule has 29 heavy (non-hydrogen) atoms. The minimum atomic E-state index is -0.493. The fourth-order valence-electron chi connectivity index (χ4n) is 6.35. The molecule has 1 fully saturated rings. The van der Waals surface area contributed by atoms with Crippen LogP contribution in [0.15, 0.2) is 47.7 Å². The van der Waals surface area contributed by atoms with Gasteiger partial charge >= 0.3 is 11.9 Å². The molecule has 6 nitrogen and oxygen atoms in total. The van der Waals surface area contributed by atoms with Crippen molar-refractivity contribution in [1.82, 2.24) is 4.90 Å². The van der Waals surface area contributed by atoms with E-state index in [1.807, 2.05) is 13.0 Å². The zero-order chi connectivity index (χ0) is 20.4. The van der Waals surface area contributed by atoms with Gasteiger partial charge in [0.05, 0.1) is 18.1 Å². The summed E-state index contributed by atoms with van der Waals surface area (Å²) in [7, 11) is 1.43. The van der Waals surface area contributed by atoms with Crippen molar-refractivity contribution >= 4 is 17.6 Å². The highest BCUT2D eigenvalue weighted by atomic mass is 16.5. The molecule has 3 heterocycles. The molecule has 1 N–H and O–H groups in total. The fraction of sp³-hybridized carbons (Fsp3) is 0.478. The average Bonchev–Trinajstić information content (AvgIpc) is 3.27. The van der Waals surface area contributed by atoms with Crippen LogP contribution in [0.1, 0.15) is 32.3 Å². The van der Waals surface area contributed by atoms with Crippen LogP contribution in [0.2, 0.25) is 0 Å². The number of para-hydroxylation sites is 1. The molecule has 0 bridgehead atoms. The third-order valence-corrected chi connectivity index (χ3v) is 7.33. The Hall–Kier alpha value is -2.60. The summed E-state index contributed by atoms with van der Waals surface area (Å²) in [5.41, 5.74) is 3.07. The minimum absolute atomic E-state index is 0.105. The molecule has 1 saturated heterocycles. The highest BCUT2D eigenvalue weighted by Gasteiger charge is 2.67. The van der Waals surface area contributed by atoms with E-state index in [0.717, 1.165) is 30.9 Å². The molecule has 0 radical (unpaired) electrons. The first-order chi connectivity index (χ1) is 13.9. The Bertz CT molecular complexity index is 967. The van der Waals surface area contributed by atoms with Gasteiger partial charge in [-0.15, -0.1) is 0 Å². The number of anilines is 1. The van der Waals surface area contributed by atoms with Crippen LogP contribution in [0, 0.1) is 5.41 Å². The summed E-state index contributed by atoms with van der Waals surface area (Å²) < 4.78 is 11.0. The Morgan fingerprint density at radius 3 is 2.86 bits per heavy atom. The lowest BCUT2D eigenvalue weighted by Gasteiger charge is -2.55. The second kappa shape index (κ2) is 6.20. The van der Waals surface area contributed by atoms with E-state index >= 15 is 0 Å². The van der Waals surface area contributed by atoms with Crippen molar-refractivity contribution in [3.63, 3.8) is 0 Å². The topological polar surface area (TPSA) is 67.9 Å². The first-order valence-corrected chi connectivity index (χ1v) is 10.2. The Morgan fingerprint density at radius 2 is 2.10 bits per heavy atom. The molecule has 4 aliphatic rings. The van der Waals surface area contributed by atoms with Crippen LogP contribution in [0.4, 0.5) is 5.69 Å². The van der Waals surface area contributed by atoms with Crippen LogP contribution in [0.3, 0.4) is 0 Å². The van der Waals surface area contributed by atoms with E-state index in [0.29, 0.717) is 12.0 Å². The van der Waals surface area contributed by atoms with Crippen molar-refractivity contribution in [3.05, 3.63) is 53.3 Å². The summed E-state index contributed by atoms with van der Waals surface area (Å²) in [4.78, 5) is 27.3. The smallest absolute Gasteiger partial charge is 0.335 e. The number of nitrogens with one attached hydrogen (secondary N) is 1. The van der Waals surface area contributed by atoms with Gasteiger partial charge in [-0.1, -0.05) is 30.4 Å². The predicted molar refractivity (Wildman–Crippen MR) is 108 cm³/mol. The Kier molecular flexibility index (Phi) is 3.94. The van der Waals surface area contributed by atoms with Crippen molar-refractivity contribution in [2.45, 2.75) is 44.2 Å². The van der Waals surface area contributed by atoms with Gasteiger partial charge in [-0.3, -0.25) is 9.69 Å². The molecule has 6 heteroatoms. The fourth-order valence-corrected chi connectivity index (χ4v) is 6.35. The molecule has 4 atom stereocenters. The number of methoxy groups -OCH3 is 1. The molecule has 0 saturated carbocycles. The van der Waals surface area contributed by atoms with Gasteiger partial charge in [-0.05, 0) is 31.4 Å². The normalized spacial score (nSPS) is 32.7. The molecule has 3 aliphatic heterocycles. The predicted octanol–water partition coefficient (Wildman–Crippen LogP) is 2.76. The van der Waals surface area contributed by atoms with E-state index in [2.05, 4.69) is 40.6 Å². The molecule has 152 valence electrons. The summed E-state index contributed by atoms with van der Waals surface area (Å²) in [5.74, 6) is -0.617. The SMILES string of the molecule is COC(=O)C1=C2Nc3ccccc3[C@@]23CCN2CC=C[C@@]([C@H](C)OC(C)=O)(C1)[C@H]23. The van der Waals surface area contributed by atoms with Crippen molar-refractivity contribution in [1.29, 1.82) is 0 Å². The van der Waals surface area contributed by atoms with E-state index in [9.17, 15) is 9.59 Å². The second-order valence-electron chi connectivity index (χ2n) is 8.58. The summed E-state index contributed by atoms with van der Waals surface area (Å²) in [6.07, 6.45) is 5.37. The largest absolute Gasteiger partial charge is 0.466 e. The lowest BCUT2D eigenvalue weighted by Crippen LogP contribution is -2.62. The van der Waals surface area contributed by atoms with Gasteiger partial charge in [0.2, 0.25) is 0 Å². The number of rotatable bonds is 3. The first-order valence-electron chi connectivity index (χ1n) is 10.2. The number of benzene rings is 1. The molecule has 1 aromatic carbocycles. The van der Waals surface area contributed by atoms with E-state index in [1.165, 1.54) is 19.6 Å². The highest BCUT2D eigenvalue weighted by molar-refractivity contribution is 5.93. The van der Waals surface area contributed by atoms with Crippen LogP contribution >= 0.6 is 0 Å². The maximum absolute atomic E-state index is 12.9. The number of fused-ring (bicyclic) bond motifs is 1. The molecule has 1 spiro atoms. The third kappa shape index (κ3) is 2.26. The summed E-state index contributed by atoms with van der Waals surface area (Å²) >= 11 is 0. The van der Waals surface area contributed by atoms with Crippen molar-refractivity contribution < 1.29 is 19.1 Å². The van der Waals surface area contributed by atoms with Crippen LogP contribution in [-0.2, 0) is 24.5 Å². The monoisotopic (exact) mass is 394 g/mol. The molecule has 0 unspecified atom stereocenters. The highest BCUT2D eigenvalue weighted by Crippen LogP contribution is 2.64. The van der Waals surface area contributed by atoms with Gasteiger partial charge in [0.15, 0.2) is 0 Å².